The summed E-state index contributed by atoms with van der Waals surface area (Å²) in [6.07, 6.45) is 4.49. The number of aryl methyl sites for hydroxylation is 2. The first kappa shape index (κ1) is 17.3. The van der Waals surface area contributed by atoms with Gasteiger partial charge in [-0.15, -0.1) is 11.3 Å². The number of benzene rings is 1. The summed E-state index contributed by atoms with van der Waals surface area (Å²) in [6, 6.07) is 9.79. The van der Waals surface area contributed by atoms with Crippen molar-refractivity contribution >= 4 is 22.4 Å². The number of nitrogens with zero attached hydrogens (tertiary/aromatic N) is 3. The fourth-order valence-corrected chi connectivity index (χ4v) is 3.11. The van der Waals surface area contributed by atoms with E-state index in [-0.39, 0.29) is 0 Å². The van der Waals surface area contributed by atoms with Gasteiger partial charge in [-0.1, -0.05) is 30.3 Å². The molecule has 1 atom stereocenters. The lowest BCUT2D eigenvalue weighted by Crippen LogP contribution is -2.40. The molecule has 0 aliphatic rings. The van der Waals surface area contributed by atoms with E-state index in [1.54, 1.807) is 6.20 Å². The highest BCUT2D eigenvalue weighted by Gasteiger charge is 2.30. The molecule has 3 aromatic rings. The second-order valence-corrected chi connectivity index (χ2v) is 6.97. The third kappa shape index (κ3) is 4.12. The maximum absolute atomic E-state index is 12.4. The molecule has 0 saturated heterocycles. The molecule has 0 spiro atoms. The third-order valence-electron chi connectivity index (χ3n) is 4.01. The van der Waals surface area contributed by atoms with Gasteiger partial charge in [-0.2, -0.15) is 0 Å². The van der Waals surface area contributed by atoms with Crippen molar-refractivity contribution in [2.24, 2.45) is 7.05 Å². The second kappa shape index (κ2) is 7.16. The minimum absolute atomic E-state index is 0.334. The van der Waals surface area contributed by atoms with Gasteiger partial charge >= 0.3 is 0 Å². The van der Waals surface area contributed by atoms with Crippen LogP contribution in [0.3, 0.4) is 0 Å². The first-order valence-corrected chi connectivity index (χ1v) is 8.85. The normalized spacial score (nSPS) is 13.4. The van der Waals surface area contributed by atoms with Crippen LogP contribution in [0.2, 0.25) is 0 Å². The molecule has 2 N–H and O–H groups in total. The summed E-state index contributed by atoms with van der Waals surface area (Å²) in [5.41, 5.74) is 0.309. The lowest BCUT2D eigenvalue weighted by molar-refractivity contribution is -0.132. The van der Waals surface area contributed by atoms with Crippen LogP contribution < -0.4 is 5.32 Å². The van der Waals surface area contributed by atoms with Crippen molar-refractivity contribution in [1.82, 2.24) is 14.5 Å². The number of aliphatic hydroxyl groups is 1. The van der Waals surface area contributed by atoms with Crippen LogP contribution in [0.15, 0.2) is 48.1 Å². The molecule has 2 aromatic heterocycles. The number of amides is 1. The molecule has 3 rings (SSSR count). The van der Waals surface area contributed by atoms with E-state index in [1.807, 2.05) is 53.5 Å². The molecule has 0 aliphatic carbocycles. The van der Waals surface area contributed by atoms with Crippen molar-refractivity contribution in [2.45, 2.75) is 25.4 Å². The van der Waals surface area contributed by atoms with Gasteiger partial charge in [0.2, 0.25) is 0 Å². The second-order valence-electron chi connectivity index (χ2n) is 6.11. The van der Waals surface area contributed by atoms with Gasteiger partial charge in [0.15, 0.2) is 11.0 Å². The molecule has 2 heterocycles. The van der Waals surface area contributed by atoms with Crippen LogP contribution in [0.5, 0.6) is 0 Å². The maximum Gasteiger partial charge on any atom is 0.257 e. The Hall–Kier alpha value is -2.51. The van der Waals surface area contributed by atoms with Gasteiger partial charge in [0.25, 0.3) is 5.91 Å². The molecule has 25 heavy (non-hydrogen) atoms. The Balaban J connectivity index is 1.63. The first-order valence-electron chi connectivity index (χ1n) is 7.97. The molecular formula is C18H20N4O2S. The zero-order valence-electron chi connectivity index (χ0n) is 14.1. The number of aromatic nitrogens is 3. The standard InChI is InChI=1S/C18H20N4O2S/c1-18(24,9-8-13-6-4-3-5-7-13)16(23)21-17-20-14(12-25-17)15-19-10-11-22(15)2/h3-7,10-12,24H,8-9H2,1-2H3,(H,20,21,23). The maximum atomic E-state index is 12.4. The molecule has 7 heteroatoms. The van der Waals surface area contributed by atoms with E-state index in [0.29, 0.717) is 23.7 Å². The molecule has 0 bridgehead atoms. The number of nitrogens with one attached hydrogen (secondary N) is 1. The van der Waals surface area contributed by atoms with Crippen molar-refractivity contribution in [2.75, 3.05) is 5.32 Å². The summed E-state index contributed by atoms with van der Waals surface area (Å²) in [5.74, 6) is 0.275. The Morgan fingerprint density at radius 2 is 2.12 bits per heavy atom. The molecule has 0 saturated carbocycles. The monoisotopic (exact) mass is 356 g/mol. The zero-order chi connectivity index (χ0) is 17.9. The highest BCUT2D eigenvalue weighted by atomic mass is 32.1. The zero-order valence-corrected chi connectivity index (χ0v) is 15.0. The summed E-state index contributed by atoms with van der Waals surface area (Å²) < 4.78 is 1.86. The Bertz CT molecular complexity index is 855. The minimum atomic E-state index is -1.47. The summed E-state index contributed by atoms with van der Waals surface area (Å²) in [4.78, 5) is 21.0. The number of carbonyl (C=O) groups excluding carboxylic acids is 1. The summed E-state index contributed by atoms with van der Waals surface area (Å²) >= 11 is 1.31. The average Bonchev–Trinajstić information content (AvgIpc) is 3.22. The lowest BCUT2D eigenvalue weighted by atomic mass is 9.96. The Kier molecular flexibility index (Phi) is 4.96. The number of hydrogen-bond acceptors (Lipinski definition) is 5. The van der Waals surface area contributed by atoms with E-state index in [0.717, 1.165) is 11.4 Å². The molecule has 0 radical (unpaired) electrons. The fraction of sp³-hybridized carbons (Fsp3) is 0.278. The first-order chi connectivity index (χ1) is 12.0. The molecule has 0 aliphatic heterocycles. The van der Waals surface area contributed by atoms with Crippen LogP contribution in [-0.4, -0.2) is 31.1 Å². The van der Waals surface area contributed by atoms with Crippen LogP contribution in [-0.2, 0) is 18.3 Å². The van der Waals surface area contributed by atoms with Gasteiger partial charge in [0, 0.05) is 24.8 Å². The fourth-order valence-electron chi connectivity index (χ4n) is 2.42. The van der Waals surface area contributed by atoms with Crippen LogP contribution in [0.25, 0.3) is 11.5 Å². The molecule has 1 aromatic carbocycles. The molecule has 130 valence electrons. The average molecular weight is 356 g/mol. The van der Waals surface area contributed by atoms with Gasteiger partial charge in [-0.3, -0.25) is 10.1 Å². The molecular weight excluding hydrogens is 336 g/mol. The highest BCUT2D eigenvalue weighted by Crippen LogP contribution is 2.24. The van der Waals surface area contributed by atoms with E-state index in [2.05, 4.69) is 15.3 Å². The van der Waals surface area contributed by atoms with Gasteiger partial charge in [-0.25, -0.2) is 9.97 Å². The predicted octanol–water partition coefficient (Wildman–Crippen LogP) is 2.87. The number of hydrogen-bond donors (Lipinski definition) is 2. The Labute approximate surface area is 150 Å². The minimum Gasteiger partial charge on any atom is -0.380 e. The number of thiazole rings is 1. The van der Waals surface area contributed by atoms with Gasteiger partial charge in [0.05, 0.1) is 0 Å². The SMILES string of the molecule is Cn1ccnc1-c1csc(NC(=O)C(C)(O)CCc2ccccc2)n1. The van der Waals surface area contributed by atoms with Crippen molar-refractivity contribution in [3.8, 4) is 11.5 Å². The highest BCUT2D eigenvalue weighted by molar-refractivity contribution is 7.14. The van der Waals surface area contributed by atoms with Crippen molar-refractivity contribution in [3.05, 3.63) is 53.7 Å². The molecule has 1 unspecified atom stereocenters. The van der Waals surface area contributed by atoms with Crippen LogP contribution in [0.4, 0.5) is 5.13 Å². The van der Waals surface area contributed by atoms with Crippen LogP contribution >= 0.6 is 11.3 Å². The van der Waals surface area contributed by atoms with E-state index < -0.39 is 11.5 Å². The summed E-state index contributed by atoms with van der Waals surface area (Å²) in [5, 5.41) is 15.5. The smallest absolute Gasteiger partial charge is 0.257 e. The van der Waals surface area contributed by atoms with E-state index in [9.17, 15) is 9.90 Å². The molecule has 6 nitrogen and oxygen atoms in total. The Morgan fingerprint density at radius 1 is 1.36 bits per heavy atom. The van der Waals surface area contributed by atoms with Gasteiger partial charge in [0.1, 0.15) is 11.3 Å². The molecule has 0 fully saturated rings. The number of carbonyl (C=O) groups is 1. The van der Waals surface area contributed by atoms with Crippen molar-refractivity contribution in [1.29, 1.82) is 0 Å². The summed E-state index contributed by atoms with van der Waals surface area (Å²) in [6.45, 7) is 1.53. The third-order valence-corrected chi connectivity index (χ3v) is 4.77. The lowest BCUT2D eigenvalue weighted by Gasteiger charge is -2.21. The summed E-state index contributed by atoms with van der Waals surface area (Å²) in [7, 11) is 1.88. The van der Waals surface area contributed by atoms with Gasteiger partial charge in [-0.05, 0) is 25.3 Å². The quantitative estimate of drug-likeness (QED) is 0.712. The number of imidazole rings is 1. The van der Waals surface area contributed by atoms with Crippen LogP contribution in [0.1, 0.15) is 18.9 Å². The topological polar surface area (TPSA) is 80.0 Å². The number of anilines is 1. The van der Waals surface area contributed by atoms with Crippen molar-refractivity contribution < 1.29 is 9.90 Å². The van der Waals surface area contributed by atoms with E-state index in [4.69, 9.17) is 0 Å². The van der Waals surface area contributed by atoms with Crippen molar-refractivity contribution in [3.63, 3.8) is 0 Å². The van der Waals surface area contributed by atoms with E-state index >= 15 is 0 Å². The van der Waals surface area contributed by atoms with Crippen LogP contribution in [0, 0.1) is 0 Å². The largest absolute Gasteiger partial charge is 0.380 e. The number of rotatable bonds is 6. The van der Waals surface area contributed by atoms with Gasteiger partial charge < -0.3 is 9.67 Å². The molecule has 1 amide bonds. The van der Waals surface area contributed by atoms with E-state index in [1.165, 1.54) is 18.3 Å². The predicted molar refractivity (Wildman–Crippen MR) is 98.3 cm³/mol. The Morgan fingerprint density at radius 3 is 2.80 bits per heavy atom.